The summed E-state index contributed by atoms with van der Waals surface area (Å²) < 4.78 is 5.36. The molecule has 2 aliphatic heterocycles. The molecule has 0 spiro atoms. The highest BCUT2D eigenvalue weighted by molar-refractivity contribution is 5.48. The SMILES string of the molecule is CCCC(C)c1ccc(N2CCN(C3COC3)CC2(C)C)cn1. The molecule has 0 bridgehead atoms. The van der Waals surface area contributed by atoms with Gasteiger partial charge in [-0.05, 0) is 38.3 Å². The van der Waals surface area contributed by atoms with Gasteiger partial charge < -0.3 is 9.64 Å². The Hall–Kier alpha value is -1.13. The van der Waals surface area contributed by atoms with Crippen LogP contribution in [0.25, 0.3) is 0 Å². The van der Waals surface area contributed by atoms with E-state index in [0.29, 0.717) is 12.0 Å². The Balaban J connectivity index is 1.68. The van der Waals surface area contributed by atoms with Gasteiger partial charge in [-0.25, -0.2) is 0 Å². The van der Waals surface area contributed by atoms with Crippen molar-refractivity contribution in [3.05, 3.63) is 24.0 Å². The van der Waals surface area contributed by atoms with Crippen molar-refractivity contribution in [2.75, 3.05) is 37.7 Å². The molecule has 1 atom stereocenters. The summed E-state index contributed by atoms with van der Waals surface area (Å²) in [7, 11) is 0. The average Bonchev–Trinajstić information content (AvgIpc) is 2.45. The lowest BCUT2D eigenvalue weighted by Crippen LogP contribution is -2.64. The minimum Gasteiger partial charge on any atom is -0.378 e. The molecule has 1 aromatic rings. The molecule has 3 heterocycles. The lowest BCUT2D eigenvalue weighted by molar-refractivity contribution is -0.0741. The summed E-state index contributed by atoms with van der Waals surface area (Å²) in [6.45, 7) is 14.3. The van der Waals surface area contributed by atoms with Crippen LogP contribution in [0.4, 0.5) is 5.69 Å². The smallest absolute Gasteiger partial charge is 0.0645 e. The molecule has 3 rings (SSSR count). The van der Waals surface area contributed by atoms with E-state index in [1.165, 1.54) is 24.2 Å². The van der Waals surface area contributed by atoms with Crippen molar-refractivity contribution >= 4 is 5.69 Å². The Morgan fingerprint density at radius 2 is 2.09 bits per heavy atom. The third-order valence-electron chi connectivity index (χ3n) is 5.38. The molecular weight excluding hydrogens is 286 g/mol. The molecule has 0 amide bonds. The first kappa shape index (κ1) is 16.7. The van der Waals surface area contributed by atoms with Crippen molar-refractivity contribution in [1.29, 1.82) is 0 Å². The van der Waals surface area contributed by atoms with Crippen LogP contribution in [0.2, 0.25) is 0 Å². The van der Waals surface area contributed by atoms with Gasteiger partial charge in [-0.2, -0.15) is 0 Å². The van der Waals surface area contributed by atoms with Crippen LogP contribution in [0.3, 0.4) is 0 Å². The summed E-state index contributed by atoms with van der Waals surface area (Å²) in [6.07, 6.45) is 4.50. The average molecular weight is 317 g/mol. The number of hydrogen-bond acceptors (Lipinski definition) is 4. The molecular formula is C19H31N3O. The first-order valence-corrected chi connectivity index (χ1v) is 9.06. The summed E-state index contributed by atoms with van der Waals surface area (Å²) >= 11 is 0. The molecule has 0 aliphatic carbocycles. The van der Waals surface area contributed by atoms with Gasteiger partial charge in [-0.1, -0.05) is 20.3 Å². The number of ether oxygens (including phenoxy) is 1. The molecule has 23 heavy (non-hydrogen) atoms. The van der Waals surface area contributed by atoms with Gasteiger partial charge in [0.2, 0.25) is 0 Å². The fourth-order valence-corrected chi connectivity index (χ4v) is 3.85. The Labute approximate surface area is 140 Å². The number of nitrogens with zero attached hydrogens (tertiary/aromatic N) is 3. The van der Waals surface area contributed by atoms with Crippen LogP contribution in [-0.2, 0) is 4.74 Å². The van der Waals surface area contributed by atoms with Crippen molar-refractivity contribution in [3.63, 3.8) is 0 Å². The quantitative estimate of drug-likeness (QED) is 0.833. The highest BCUT2D eigenvalue weighted by atomic mass is 16.5. The zero-order valence-corrected chi connectivity index (χ0v) is 15.1. The second-order valence-electron chi connectivity index (χ2n) is 7.76. The number of anilines is 1. The van der Waals surface area contributed by atoms with E-state index in [-0.39, 0.29) is 5.54 Å². The largest absolute Gasteiger partial charge is 0.378 e. The Bertz CT molecular complexity index is 510. The van der Waals surface area contributed by atoms with Gasteiger partial charge >= 0.3 is 0 Å². The molecule has 4 nitrogen and oxygen atoms in total. The monoisotopic (exact) mass is 317 g/mol. The van der Waals surface area contributed by atoms with E-state index in [4.69, 9.17) is 9.72 Å². The van der Waals surface area contributed by atoms with E-state index in [1.54, 1.807) is 0 Å². The van der Waals surface area contributed by atoms with E-state index in [1.807, 2.05) is 0 Å². The van der Waals surface area contributed by atoms with Crippen LogP contribution in [0.15, 0.2) is 18.3 Å². The fraction of sp³-hybridized carbons (Fsp3) is 0.737. The maximum atomic E-state index is 5.36. The van der Waals surface area contributed by atoms with Crippen molar-refractivity contribution in [2.45, 2.75) is 58.0 Å². The maximum Gasteiger partial charge on any atom is 0.0645 e. The fourth-order valence-electron chi connectivity index (χ4n) is 3.85. The van der Waals surface area contributed by atoms with Crippen molar-refractivity contribution in [2.24, 2.45) is 0 Å². The molecule has 0 radical (unpaired) electrons. The van der Waals surface area contributed by atoms with Crippen molar-refractivity contribution in [1.82, 2.24) is 9.88 Å². The number of aromatic nitrogens is 1. The zero-order valence-electron chi connectivity index (χ0n) is 15.1. The molecule has 2 aliphatic rings. The van der Waals surface area contributed by atoms with Gasteiger partial charge in [-0.3, -0.25) is 9.88 Å². The number of hydrogen-bond donors (Lipinski definition) is 0. The molecule has 2 saturated heterocycles. The van der Waals surface area contributed by atoms with Gasteiger partial charge in [0.1, 0.15) is 0 Å². The van der Waals surface area contributed by atoms with Crippen LogP contribution >= 0.6 is 0 Å². The number of piperazine rings is 1. The molecule has 0 aromatic carbocycles. The van der Waals surface area contributed by atoms with E-state index in [9.17, 15) is 0 Å². The van der Waals surface area contributed by atoms with Crippen LogP contribution in [0.1, 0.15) is 52.1 Å². The minimum absolute atomic E-state index is 0.131. The van der Waals surface area contributed by atoms with Gasteiger partial charge in [-0.15, -0.1) is 0 Å². The summed E-state index contributed by atoms with van der Waals surface area (Å²) in [5, 5.41) is 0. The Kier molecular flexibility index (Phi) is 4.93. The molecule has 2 fully saturated rings. The second kappa shape index (κ2) is 6.78. The van der Waals surface area contributed by atoms with Crippen LogP contribution in [0.5, 0.6) is 0 Å². The summed E-state index contributed by atoms with van der Waals surface area (Å²) in [6, 6.07) is 5.11. The summed E-state index contributed by atoms with van der Waals surface area (Å²) in [5.41, 5.74) is 2.61. The first-order chi connectivity index (χ1) is 11.0. The van der Waals surface area contributed by atoms with Gasteiger partial charge in [0, 0.05) is 30.9 Å². The molecule has 0 saturated carbocycles. The summed E-state index contributed by atoms with van der Waals surface area (Å²) in [5.74, 6) is 0.553. The third kappa shape index (κ3) is 3.53. The van der Waals surface area contributed by atoms with E-state index in [0.717, 1.165) is 32.8 Å². The predicted molar refractivity (Wildman–Crippen MR) is 95.2 cm³/mol. The molecule has 0 N–H and O–H groups in total. The molecule has 1 aromatic heterocycles. The Morgan fingerprint density at radius 3 is 2.61 bits per heavy atom. The van der Waals surface area contributed by atoms with Crippen LogP contribution in [-0.4, -0.2) is 54.3 Å². The topological polar surface area (TPSA) is 28.6 Å². The van der Waals surface area contributed by atoms with E-state index in [2.05, 4.69) is 55.8 Å². The van der Waals surface area contributed by atoms with Crippen molar-refractivity contribution < 1.29 is 4.74 Å². The third-order valence-corrected chi connectivity index (χ3v) is 5.38. The lowest BCUT2D eigenvalue weighted by Gasteiger charge is -2.51. The highest BCUT2D eigenvalue weighted by Gasteiger charge is 2.38. The van der Waals surface area contributed by atoms with E-state index >= 15 is 0 Å². The first-order valence-electron chi connectivity index (χ1n) is 9.06. The van der Waals surface area contributed by atoms with Crippen LogP contribution < -0.4 is 4.90 Å². The zero-order chi connectivity index (χ0) is 16.4. The Morgan fingerprint density at radius 1 is 1.30 bits per heavy atom. The van der Waals surface area contributed by atoms with Crippen LogP contribution in [0, 0.1) is 0 Å². The molecule has 1 unspecified atom stereocenters. The van der Waals surface area contributed by atoms with Gasteiger partial charge in [0.15, 0.2) is 0 Å². The predicted octanol–water partition coefficient (Wildman–Crippen LogP) is 3.28. The number of rotatable bonds is 5. The highest BCUT2D eigenvalue weighted by Crippen LogP contribution is 2.30. The van der Waals surface area contributed by atoms with Gasteiger partial charge in [0.05, 0.1) is 31.1 Å². The number of pyridine rings is 1. The normalized spacial score (nSPS) is 23.6. The lowest BCUT2D eigenvalue weighted by atomic mass is 9.96. The maximum absolute atomic E-state index is 5.36. The minimum atomic E-state index is 0.131. The molecule has 4 heteroatoms. The second-order valence-corrected chi connectivity index (χ2v) is 7.76. The van der Waals surface area contributed by atoms with E-state index < -0.39 is 0 Å². The standard InChI is InChI=1S/C19H31N3O/c1-5-6-15(2)18-8-7-16(11-20-18)22-10-9-21(14-19(22,3)4)17-12-23-13-17/h7-8,11,15,17H,5-6,9-10,12-14H2,1-4H3. The molecule has 128 valence electrons. The van der Waals surface area contributed by atoms with Crippen molar-refractivity contribution in [3.8, 4) is 0 Å². The van der Waals surface area contributed by atoms with Gasteiger partial charge in [0.25, 0.3) is 0 Å². The summed E-state index contributed by atoms with van der Waals surface area (Å²) in [4.78, 5) is 9.85.